The van der Waals surface area contributed by atoms with E-state index in [1.54, 1.807) is 0 Å². The van der Waals surface area contributed by atoms with Crippen LogP contribution in [0.1, 0.15) is 43.7 Å². The summed E-state index contributed by atoms with van der Waals surface area (Å²) < 4.78 is 0. The smallest absolute Gasteiger partial charge is 0.405 e. The Hall–Kier alpha value is -1.51. The van der Waals surface area contributed by atoms with Crippen LogP contribution in [0, 0.1) is 0 Å². The van der Waals surface area contributed by atoms with Gasteiger partial charge in [-0.1, -0.05) is 38.1 Å². The second-order valence-corrected chi connectivity index (χ2v) is 4.79. The Morgan fingerprint density at radius 1 is 1.44 bits per heavy atom. The van der Waals surface area contributed by atoms with Crippen LogP contribution in [0.3, 0.4) is 0 Å². The van der Waals surface area contributed by atoms with Gasteiger partial charge in [0.15, 0.2) is 0 Å². The third-order valence-electron chi connectivity index (χ3n) is 3.20. The molecule has 1 aromatic carbocycles. The van der Waals surface area contributed by atoms with Crippen LogP contribution >= 0.6 is 0 Å². The van der Waals surface area contributed by atoms with E-state index in [9.17, 15) is 4.79 Å². The van der Waals surface area contributed by atoms with Crippen LogP contribution in [0.5, 0.6) is 0 Å². The maximum atomic E-state index is 10.7. The number of amides is 1. The van der Waals surface area contributed by atoms with Crippen molar-refractivity contribution in [1.82, 2.24) is 5.32 Å². The molecule has 0 heterocycles. The molecule has 0 spiro atoms. The molecule has 0 unspecified atom stereocenters. The van der Waals surface area contributed by atoms with Gasteiger partial charge < -0.3 is 10.4 Å². The maximum Gasteiger partial charge on any atom is 0.405 e. The molecule has 2 rings (SSSR count). The fourth-order valence-electron chi connectivity index (χ4n) is 2.01. The average molecular weight is 219 g/mol. The van der Waals surface area contributed by atoms with Crippen LogP contribution < -0.4 is 5.32 Å². The predicted molar refractivity (Wildman–Crippen MR) is 62.6 cm³/mol. The molecule has 0 radical (unpaired) electrons. The molecule has 1 aromatic rings. The van der Waals surface area contributed by atoms with E-state index in [1.807, 2.05) is 12.1 Å². The molecule has 3 nitrogen and oxygen atoms in total. The zero-order valence-electron chi connectivity index (χ0n) is 9.66. The maximum absolute atomic E-state index is 10.7. The van der Waals surface area contributed by atoms with Crippen LogP contribution in [0.15, 0.2) is 24.3 Å². The molecule has 0 aliphatic heterocycles. The van der Waals surface area contributed by atoms with Crippen molar-refractivity contribution in [1.29, 1.82) is 0 Å². The van der Waals surface area contributed by atoms with Crippen molar-refractivity contribution >= 4 is 6.09 Å². The van der Waals surface area contributed by atoms with E-state index in [0.29, 0.717) is 5.92 Å². The van der Waals surface area contributed by atoms with E-state index in [2.05, 4.69) is 31.3 Å². The Balaban J connectivity index is 2.27. The SMILES string of the molecule is CC(C)c1cccc(C2(NC(=O)O)CC2)c1. The minimum atomic E-state index is -0.938. The van der Waals surface area contributed by atoms with Crippen LogP contribution in [0.2, 0.25) is 0 Å². The van der Waals surface area contributed by atoms with Crippen molar-refractivity contribution in [2.24, 2.45) is 0 Å². The highest BCUT2D eigenvalue weighted by Crippen LogP contribution is 2.45. The molecule has 2 N–H and O–H groups in total. The zero-order valence-corrected chi connectivity index (χ0v) is 9.66. The molecule has 0 bridgehead atoms. The Labute approximate surface area is 95.5 Å². The summed E-state index contributed by atoms with van der Waals surface area (Å²) in [6.07, 6.45) is 0.870. The van der Waals surface area contributed by atoms with Gasteiger partial charge in [-0.25, -0.2) is 4.79 Å². The van der Waals surface area contributed by atoms with E-state index in [4.69, 9.17) is 5.11 Å². The minimum Gasteiger partial charge on any atom is -0.465 e. The molecule has 16 heavy (non-hydrogen) atoms. The number of carbonyl (C=O) groups is 1. The zero-order chi connectivity index (χ0) is 11.8. The lowest BCUT2D eigenvalue weighted by atomic mass is 9.96. The van der Waals surface area contributed by atoms with Crippen molar-refractivity contribution in [2.45, 2.75) is 38.1 Å². The Kier molecular flexibility index (Phi) is 2.62. The monoisotopic (exact) mass is 219 g/mol. The fraction of sp³-hybridized carbons (Fsp3) is 0.462. The van der Waals surface area contributed by atoms with Crippen molar-refractivity contribution < 1.29 is 9.90 Å². The molecule has 86 valence electrons. The molecule has 0 saturated heterocycles. The van der Waals surface area contributed by atoms with E-state index < -0.39 is 6.09 Å². The van der Waals surface area contributed by atoms with Crippen molar-refractivity contribution in [3.63, 3.8) is 0 Å². The largest absolute Gasteiger partial charge is 0.465 e. The summed E-state index contributed by atoms with van der Waals surface area (Å²) in [4.78, 5) is 10.7. The normalized spacial score (nSPS) is 17.2. The molecular formula is C13H17NO2. The summed E-state index contributed by atoms with van der Waals surface area (Å²) in [7, 11) is 0. The van der Waals surface area contributed by atoms with Gasteiger partial charge >= 0.3 is 6.09 Å². The summed E-state index contributed by atoms with van der Waals surface area (Å²) in [6.45, 7) is 4.28. The van der Waals surface area contributed by atoms with E-state index in [1.165, 1.54) is 5.56 Å². The first-order valence-corrected chi connectivity index (χ1v) is 5.65. The lowest BCUT2D eigenvalue weighted by molar-refractivity contribution is 0.188. The van der Waals surface area contributed by atoms with Crippen LogP contribution in [0.25, 0.3) is 0 Å². The quantitative estimate of drug-likeness (QED) is 0.820. The van der Waals surface area contributed by atoms with Gasteiger partial charge in [-0.05, 0) is 29.9 Å². The summed E-state index contributed by atoms with van der Waals surface area (Å²) in [6, 6.07) is 8.22. The molecule has 0 aromatic heterocycles. The number of hydrogen-bond acceptors (Lipinski definition) is 1. The van der Waals surface area contributed by atoms with Crippen LogP contribution in [0.4, 0.5) is 4.79 Å². The third kappa shape index (κ3) is 2.03. The molecule has 1 fully saturated rings. The summed E-state index contributed by atoms with van der Waals surface area (Å²) >= 11 is 0. The molecule has 1 aliphatic rings. The van der Waals surface area contributed by atoms with Crippen molar-refractivity contribution in [2.75, 3.05) is 0 Å². The standard InChI is InChI=1S/C13H17NO2/c1-9(2)10-4-3-5-11(8-10)13(6-7-13)14-12(15)16/h3-5,8-9,14H,6-7H2,1-2H3,(H,15,16). The Morgan fingerprint density at radius 3 is 2.62 bits per heavy atom. The van der Waals surface area contributed by atoms with Gasteiger partial charge in [-0.3, -0.25) is 0 Å². The number of nitrogens with one attached hydrogen (secondary N) is 1. The van der Waals surface area contributed by atoms with E-state index in [-0.39, 0.29) is 5.54 Å². The van der Waals surface area contributed by atoms with Gasteiger partial charge in [0.1, 0.15) is 0 Å². The molecule has 1 amide bonds. The second-order valence-electron chi connectivity index (χ2n) is 4.79. The number of hydrogen-bond donors (Lipinski definition) is 2. The van der Waals surface area contributed by atoms with Gasteiger partial charge in [0.05, 0.1) is 5.54 Å². The predicted octanol–water partition coefficient (Wildman–Crippen LogP) is 3.07. The number of carboxylic acid groups (broad SMARTS) is 1. The van der Waals surface area contributed by atoms with E-state index >= 15 is 0 Å². The molecule has 1 saturated carbocycles. The molecule has 0 atom stereocenters. The minimum absolute atomic E-state index is 0.309. The summed E-state index contributed by atoms with van der Waals surface area (Å²) in [5.74, 6) is 0.473. The lowest BCUT2D eigenvalue weighted by Gasteiger charge is -2.17. The first kappa shape index (κ1) is 11.0. The van der Waals surface area contributed by atoms with Gasteiger partial charge in [0.25, 0.3) is 0 Å². The molecule has 1 aliphatic carbocycles. The first-order valence-electron chi connectivity index (χ1n) is 5.65. The van der Waals surface area contributed by atoms with Crippen molar-refractivity contribution in [3.05, 3.63) is 35.4 Å². The van der Waals surface area contributed by atoms with Crippen molar-refractivity contribution in [3.8, 4) is 0 Å². The summed E-state index contributed by atoms with van der Waals surface area (Å²) in [5, 5.41) is 11.4. The van der Waals surface area contributed by atoms with Gasteiger partial charge in [0, 0.05) is 0 Å². The lowest BCUT2D eigenvalue weighted by Crippen LogP contribution is -2.33. The highest BCUT2D eigenvalue weighted by Gasteiger charge is 2.45. The Morgan fingerprint density at radius 2 is 2.12 bits per heavy atom. The molecule has 3 heteroatoms. The van der Waals surface area contributed by atoms with Gasteiger partial charge in [-0.2, -0.15) is 0 Å². The van der Waals surface area contributed by atoms with Crippen LogP contribution in [-0.4, -0.2) is 11.2 Å². The molecular weight excluding hydrogens is 202 g/mol. The Bertz CT molecular complexity index is 408. The highest BCUT2D eigenvalue weighted by atomic mass is 16.4. The average Bonchev–Trinajstić information content (AvgIpc) is 2.98. The highest BCUT2D eigenvalue weighted by molar-refractivity contribution is 5.67. The van der Waals surface area contributed by atoms with E-state index in [0.717, 1.165) is 18.4 Å². The van der Waals surface area contributed by atoms with Gasteiger partial charge in [0.2, 0.25) is 0 Å². The first-order chi connectivity index (χ1) is 7.53. The fourth-order valence-corrected chi connectivity index (χ4v) is 2.01. The number of rotatable bonds is 3. The third-order valence-corrected chi connectivity index (χ3v) is 3.20. The van der Waals surface area contributed by atoms with Gasteiger partial charge in [-0.15, -0.1) is 0 Å². The second kappa shape index (κ2) is 3.81. The van der Waals surface area contributed by atoms with Crippen LogP contribution in [-0.2, 0) is 5.54 Å². The summed E-state index contributed by atoms with van der Waals surface area (Å²) in [5.41, 5.74) is 2.05. The number of benzene rings is 1. The topological polar surface area (TPSA) is 49.3 Å².